The highest BCUT2D eigenvalue weighted by molar-refractivity contribution is 7.91. The monoisotopic (exact) mass is 235 g/mol. The third kappa shape index (κ3) is 2.79. The molecule has 1 heterocycles. The van der Waals surface area contributed by atoms with Crippen LogP contribution in [0.4, 0.5) is 0 Å². The zero-order chi connectivity index (χ0) is 10.8. The summed E-state index contributed by atoms with van der Waals surface area (Å²) in [6.07, 6.45) is 2.38. The van der Waals surface area contributed by atoms with Gasteiger partial charge in [-0.25, -0.2) is 8.42 Å². The lowest BCUT2D eigenvalue weighted by molar-refractivity contribution is 0.439. The number of sulfone groups is 1. The molecule has 0 radical (unpaired) electrons. The molecule has 0 bridgehead atoms. The Hall–Kier alpha value is -0.410. The van der Waals surface area contributed by atoms with Crippen molar-refractivity contribution in [1.29, 1.82) is 5.26 Å². The van der Waals surface area contributed by atoms with Crippen molar-refractivity contribution in [2.75, 3.05) is 23.5 Å². The summed E-state index contributed by atoms with van der Waals surface area (Å²) < 4.78 is 33.3. The fraction of sp³-hybridized carbons (Fsp3) is 0.875. The van der Waals surface area contributed by atoms with Crippen molar-refractivity contribution in [2.24, 2.45) is 5.41 Å². The van der Waals surface area contributed by atoms with Crippen LogP contribution in [0, 0.1) is 16.7 Å². The van der Waals surface area contributed by atoms with Crippen LogP contribution in [0.3, 0.4) is 0 Å². The molecular formula is C8H13NO3S2. The van der Waals surface area contributed by atoms with Gasteiger partial charge in [-0.1, -0.05) is 0 Å². The Kier molecular flexibility index (Phi) is 3.32. The van der Waals surface area contributed by atoms with E-state index in [2.05, 4.69) is 6.07 Å². The first kappa shape index (κ1) is 11.7. The molecule has 4 nitrogen and oxygen atoms in total. The third-order valence-corrected chi connectivity index (χ3v) is 5.09. The topological polar surface area (TPSA) is 75.0 Å². The van der Waals surface area contributed by atoms with Gasteiger partial charge in [0.25, 0.3) is 0 Å². The maximum atomic E-state index is 11.2. The minimum atomic E-state index is -3.04. The first-order valence-electron chi connectivity index (χ1n) is 4.31. The van der Waals surface area contributed by atoms with Gasteiger partial charge < -0.3 is 0 Å². The first-order chi connectivity index (χ1) is 6.39. The standard InChI is InChI=1S/C8H13NO3S2/c1-13(10)4-2-8(6-9)3-5-14(11,12)7-8/h2-5,7H2,1H3. The van der Waals surface area contributed by atoms with Crippen LogP contribution in [-0.4, -0.2) is 36.1 Å². The third-order valence-electron chi connectivity index (χ3n) is 2.49. The second-order valence-corrected chi connectivity index (χ2v) is 7.50. The predicted molar refractivity (Wildman–Crippen MR) is 54.9 cm³/mol. The molecule has 1 rings (SSSR count). The second-order valence-electron chi connectivity index (χ2n) is 3.76. The van der Waals surface area contributed by atoms with Crippen LogP contribution in [0.1, 0.15) is 12.8 Å². The molecule has 0 aromatic rings. The van der Waals surface area contributed by atoms with E-state index >= 15 is 0 Å². The highest BCUT2D eigenvalue weighted by Crippen LogP contribution is 2.34. The fourth-order valence-corrected chi connectivity index (χ4v) is 4.32. The molecule has 0 aromatic carbocycles. The van der Waals surface area contributed by atoms with Crippen molar-refractivity contribution < 1.29 is 12.6 Å². The summed E-state index contributed by atoms with van der Waals surface area (Å²) >= 11 is 0. The largest absolute Gasteiger partial charge is 0.260 e. The molecule has 6 heteroatoms. The average Bonchev–Trinajstić information content (AvgIpc) is 2.40. The van der Waals surface area contributed by atoms with E-state index in [1.54, 1.807) is 6.26 Å². The van der Waals surface area contributed by atoms with Crippen molar-refractivity contribution in [3.8, 4) is 6.07 Å². The van der Waals surface area contributed by atoms with Gasteiger partial charge in [-0.2, -0.15) is 5.26 Å². The maximum absolute atomic E-state index is 11.2. The summed E-state index contributed by atoms with van der Waals surface area (Å²) in [6.45, 7) is 0. The Bertz CT molecular complexity index is 382. The molecule has 1 aliphatic rings. The number of hydrogen-bond acceptors (Lipinski definition) is 4. The number of nitriles is 1. The van der Waals surface area contributed by atoms with Crippen LogP contribution in [0.2, 0.25) is 0 Å². The van der Waals surface area contributed by atoms with E-state index < -0.39 is 26.1 Å². The fourth-order valence-electron chi connectivity index (χ4n) is 1.60. The summed E-state index contributed by atoms with van der Waals surface area (Å²) in [7, 11) is -4.00. The Morgan fingerprint density at radius 1 is 1.57 bits per heavy atom. The van der Waals surface area contributed by atoms with E-state index in [0.29, 0.717) is 18.6 Å². The summed E-state index contributed by atoms with van der Waals surface area (Å²) in [4.78, 5) is 0. The molecule has 2 atom stereocenters. The van der Waals surface area contributed by atoms with Crippen molar-refractivity contribution >= 4 is 20.6 Å². The van der Waals surface area contributed by atoms with E-state index in [1.807, 2.05) is 0 Å². The molecule has 2 unspecified atom stereocenters. The van der Waals surface area contributed by atoms with E-state index in [9.17, 15) is 12.6 Å². The molecule has 0 N–H and O–H groups in total. The van der Waals surface area contributed by atoms with Crippen molar-refractivity contribution in [2.45, 2.75) is 12.8 Å². The van der Waals surface area contributed by atoms with Gasteiger partial charge in [0.1, 0.15) is 0 Å². The zero-order valence-corrected chi connectivity index (χ0v) is 9.66. The lowest BCUT2D eigenvalue weighted by atomic mass is 9.87. The van der Waals surface area contributed by atoms with Gasteiger partial charge in [0.15, 0.2) is 9.84 Å². The van der Waals surface area contributed by atoms with E-state index in [1.165, 1.54) is 0 Å². The van der Waals surface area contributed by atoms with Crippen LogP contribution >= 0.6 is 0 Å². The molecule has 1 saturated heterocycles. The molecule has 1 fully saturated rings. The molecule has 80 valence electrons. The van der Waals surface area contributed by atoms with Gasteiger partial charge in [-0.3, -0.25) is 4.21 Å². The zero-order valence-electron chi connectivity index (χ0n) is 8.02. The molecule has 0 amide bonds. The van der Waals surface area contributed by atoms with Gasteiger partial charge in [0.2, 0.25) is 0 Å². The van der Waals surface area contributed by atoms with Gasteiger partial charge in [-0.15, -0.1) is 0 Å². The molecule has 0 saturated carbocycles. The highest BCUT2D eigenvalue weighted by Gasteiger charge is 2.42. The van der Waals surface area contributed by atoms with E-state index in [4.69, 9.17) is 5.26 Å². The minimum absolute atomic E-state index is 0.0618. The summed E-state index contributed by atoms with van der Waals surface area (Å²) in [5.41, 5.74) is -0.773. The minimum Gasteiger partial charge on any atom is -0.260 e. The molecule has 0 aromatic heterocycles. The maximum Gasteiger partial charge on any atom is 0.151 e. The van der Waals surface area contributed by atoms with Crippen molar-refractivity contribution in [1.82, 2.24) is 0 Å². The molecule has 14 heavy (non-hydrogen) atoms. The van der Waals surface area contributed by atoms with Crippen LogP contribution in [0.5, 0.6) is 0 Å². The van der Waals surface area contributed by atoms with Crippen LogP contribution in [0.25, 0.3) is 0 Å². The predicted octanol–water partition coefficient (Wildman–Crippen LogP) is 0.0835. The van der Waals surface area contributed by atoms with Crippen LogP contribution in [-0.2, 0) is 20.6 Å². The van der Waals surface area contributed by atoms with E-state index in [0.717, 1.165) is 0 Å². The van der Waals surface area contributed by atoms with Crippen molar-refractivity contribution in [3.63, 3.8) is 0 Å². The first-order valence-corrected chi connectivity index (χ1v) is 7.86. The summed E-state index contributed by atoms with van der Waals surface area (Å²) in [5, 5.41) is 8.95. The number of hydrogen-bond donors (Lipinski definition) is 0. The summed E-state index contributed by atoms with van der Waals surface area (Å²) in [6, 6.07) is 2.07. The summed E-state index contributed by atoms with van der Waals surface area (Å²) in [5.74, 6) is 0.438. The molecule has 0 spiro atoms. The second kappa shape index (κ2) is 3.99. The Morgan fingerprint density at radius 2 is 2.21 bits per heavy atom. The highest BCUT2D eigenvalue weighted by atomic mass is 32.2. The molecule has 1 aliphatic heterocycles. The average molecular weight is 235 g/mol. The van der Waals surface area contributed by atoms with Crippen molar-refractivity contribution in [3.05, 3.63) is 0 Å². The number of nitrogens with zero attached hydrogens (tertiary/aromatic N) is 1. The lowest BCUT2D eigenvalue weighted by Gasteiger charge is -2.16. The van der Waals surface area contributed by atoms with Crippen LogP contribution < -0.4 is 0 Å². The van der Waals surface area contributed by atoms with Gasteiger partial charge in [-0.05, 0) is 12.8 Å². The smallest absolute Gasteiger partial charge is 0.151 e. The SMILES string of the molecule is CS(=O)CCC1(C#N)CCS(=O)(=O)C1. The van der Waals surface area contributed by atoms with Crippen LogP contribution in [0.15, 0.2) is 0 Å². The number of rotatable bonds is 3. The molecule has 0 aliphatic carbocycles. The Morgan fingerprint density at radius 3 is 2.57 bits per heavy atom. The van der Waals surface area contributed by atoms with Gasteiger partial charge in [0, 0.05) is 22.8 Å². The molecular weight excluding hydrogens is 222 g/mol. The normalized spacial score (nSPS) is 32.3. The quantitative estimate of drug-likeness (QED) is 0.694. The van der Waals surface area contributed by atoms with E-state index in [-0.39, 0.29) is 11.5 Å². The van der Waals surface area contributed by atoms with Gasteiger partial charge in [0.05, 0.1) is 23.0 Å². The Balaban J connectivity index is 2.72. The lowest BCUT2D eigenvalue weighted by Crippen LogP contribution is -2.22. The Labute approximate surface area is 86.7 Å². The van der Waals surface area contributed by atoms with Gasteiger partial charge >= 0.3 is 0 Å².